The molecule has 0 aliphatic carbocycles. The Balaban J connectivity index is 2.20. The summed E-state index contributed by atoms with van der Waals surface area (Å²) in [6, 6.07) is 13.4. The Labute approximate surface area is 148 Å². The smallest absolute Gasteiger partial charge is 0.255 e. The second-order valence-electron chi connectivity index (χ2n) is 6.34. The first-order valence-corrected chi connectivity index (χ1v) is 8.06. The molecule has 2 aromatic rings. The van der Waals surface area contributed by atoms with Crippen LogP contribution in [0.2, 0.25) is 0 Å². The number of nitrogens with one attached hydrogen (secondary N) is 1. The van der Waals surface area contributed by atoms with Gasteiger partial charge >= 0.3 is 0 Å². The van der Waals surface area contributed by atoms with Crippen LogP contribution in [0.5, 0.6) is 17.2 Å². The summed E-state index contributed by atoms with van der Waals surface area (Å²) < 4.78 is 15.9. The molecular weight excluding hydrogens is 318 g/mol. The summed E-state index contributed by atoms with van der Waals surface area (Å²) in [5.74, 6) is 1.21. The lowest BCUT2D eigenvalue weighted by molar-refractivity contribution is 0.0942. The fourth-order valence-electron chi connectivity index (χ4n) is 2.59. The molecule has 0 bridgehead atoms. The number of benzene rings is 2. The number of hydrogen-bond donors (Lipinski definition) is 1. The van der Waals surface area contributed by atoms with E-state index in [2.05, 4.69) is 31.3 Å². The van der Waals surface area contributed by atoms with Gasteiger partial charge in [-0.3, -0.25) is 4.79 Å². The van der Waals surface area contributed by atoms with Crippen LogP contribution < -0.4 is 19.5 Å². The summed E-state index contributed by atoms with van der Waals surface area (Å²) >= 11 is 0. The number of amides is 1. The summed E-state index contributed by atoms with van der Waals surface area (Å²) in [7, 11) is 4.59. The molecule has 0 heterocycles. The second kappa shape index (κ2) is 7.92. The third-order valence-corrected chi connectivity index (χ3v) is 4.20. The van der Waals surface area contributed by atoms with E-state index >= 15 is 0 Å². The lowest BCUT2D eigenvalue weighted by Gasteiger charge is -2.26. The SMILES string of the molecule is COc1cc(OC)c(C(=O)NCC(C)(C)c2ccccc2)cc1OC. The summed E-state index contributed by atoms with van der Waals surface area (Å²) in [5.41, 5.74) is 1.37. The molecule has 5 heteroatoms. The Hall–Kier alpha value is -2.69. The predicted octanol–water partition coefficient (Wildman–Crippen LogP) is 3.42. The second-order valence-corrected chi connectivity index (χ2v) is 6.34. The van der Waals surface area contributed by atoms with E-state index in [1.165, 1.54) is 14.2 Å². The van der Waals surface area contributed by atoms with E-state index in [-0.39, 0.29) is 11.3 Å². The van der Waals surface area contributed by atoms with Crippen molar-refractivity contribution >= 4 is 5.91 Å². The van der Waals surface area contributed by atoms with E-state index in [1.807, 2.05) is 18.2 Å². The Morgan fingerprint density at radius 2 is 1.48 bits per heavy atom. The van der Waals surface area contributed by atoms with Crippen molar-refractivity contribution in [2.45, 2.75) is 19.3 Å². The number of ether oxygens (including phenoxy) is 3. The molecule has 134 valence electrons. The molecule has 1 N–H and O–H groups in total. The van der Waals surface area contributed by atoms with Crippen molar-refractivity contribution in [1.29, 1.82) is 0 Å². The van der Waals surface area contributed by atoms with Crippen LogP contribution in [0.1, 0.15) is 29.8 Å². The van der Waals surface area contributed by atoms with Gasteiger partial charge in [0.2, 0.25) is 0 Å². The van der Waals surface area contributed by atoms with Gasteiger partial charge in [0.05, 0.1) is 26.9 Å². The highest BCUT2D eigenvalue weighted by atomic mass is 16.5. The van der Waals surface area contributed by atoms with Crippen LogP contribution in [0, 0.1) is 0 Å². The van der Waals surface area contributed by atoms with E-state index in [0.717, 1.165) is 5.56 Å². The van der Waals surface area contributed by atoms with Gasteiger partial charge in [0.15, 0.2) is 11.5 Å². The van der Waals surface area contributed by atoms with Crippen LogP contribution in [0.3, 0.4) is 0 Å². The molecule has 1 amide bonds. The highest BCUT2D eigenvalue weighted by Crippen LogP contribution is 2.34. The van der Waals surface area contributed by atoms with Gasteiger partial charge in [-0.05, 0) is 5.56 Å². The standard InChI is InChI=1S/C20H25NO4/c1-20(2,14-9-7-6-8-10-14)13-21-19(22)15-11-17(24-4)18(25-5)12-16(15)23-3/h6-12H,13H2,1-5H3,(H,21,22). The normalized spacial score (nSPS) is 10.9. The number of carbonyl (C=O) groups is 1. The Kier molecular flexibility index (Phi) is 5.91. The van der Waals surface area contributed by atoms with Crippen LogP contribution >= 0.6 is 0 Å². The van der Waals surface area contributed by atoms with E-state index in [0.29, 0.717) is 29.4 Å². The van der Waals surface area contributed by atoms with Gasteiger partial charge < -0.3 is 19.5 Å². The maximum absolute atomic E-state index is 12.7. The number of carbonyl (C=O) groups excluding carboxylic acids is 1. The Morgan fingerprint density at radius 3 is 2.04 bits per heavy atom. The van der Waals surface area contributed by atoms with Gasteiger partial charge in [-0.25, -0.2) is 0 Å². The van der Waals surface area contributed by atoms with Gasteiger partial charge in [-0.1, -0.05) is 44.2 Å². The molecule has 25 heavy (non-hydrogen) atoms. The van der Waals surface area contributed by atoms with Gasteiger partial charge in [0.1, 0.15) is 5.75 Å². The molecule has 2 rings (SSSR count). The van der Waals surface area contributed by atoms with E-state index in [1.54, 1.807) is 19.2 Å². The van der Waals surface area contributed by atoms with Crippen LogP contribution in [0.15, 0.2) is 42.5 Å². The first-order chi connectivity index (χ1) is 11.9. The first kappa shape index (κ1) is 18.6. The minimum atomic E-state index is -0.221. The lowest BCUT2D eigenvalue weighted by Crippen LogP contribution is -2.36. The van der Waals surface area contributed by atoms with Crippen molar-refractivity contribution in [3.63, 3.8) is 0 Å². The minimum Gasteiger partial charge on any atom is -0.496 e. The van der Waals surface area contributed by atoms with E-state index in [4.69, 9.17) is 14.2 Å². The molecule has 0 fully saturated rings. The number of rotatable bonds is 7. The molecule has 0 saturated carbocycles. The van der Waals surface area contributed by atoms with Crippen molar-refractivity contribution in [3.05, 3.63) is 53.6 Å². The Morgan fingerprint density at radius 1 is 0.920 bits per heavy atom. The predicted molar refractivity (Wildman–Crippen MR) is 97.9 cm³/mol. The molecule has 0 saturated heterocycles. The van der Waals surface area contributed by atoms with E-state index < -0.39 is 0 Å². The average Bonchev–Trinajstić information content (AvgIpc) is 2.65. The van der Waals surface area contributed by atoms with Crippen LogP contribution in [0.25, 0.3) is 0 Å². The maximum Gasteiger partial charge on any atom is 0.255 e. The topological polar surface area (TPSA) is 56.8 Å². The summed E-state index contributed by atoms with van der Waals surface area (Å²) in [6.45, 7) is 4.68. The fraction of sp³-hybridized carbons (Fsp3) is 0.350. The number of hydrogen-bond acceptors (Lipinski definition) is 4. The highest BCUT2D eigenvalue weighted by Gasteiger charge is 2.23. The van der Waals surface area contributed by atoms with Gasteiger partial charge in [0, 0.05) is 24.1 Å². The first-order valence-electron chi connectivity index (χ1n) is 8.06. The van der Waals surface area contributed by atoms with Crippen molar-refractivity contribution < 1.29 is 19.0 Å². The minimum absolute atomic E-state index is 0.194. The Bertz CT molecular complexity index is 726. The third kappa shape index (κ3) is 4.24. The molecule has 0 radical (unpaired) electrons. The molecule has 0 atom stereocenters. The van der Waals surface area contributed by atoms with Gasteiger partial charge in [0.25, 0.3) is 5.91 Å². The molecule has 5 nitrogen and oxygen atoms in total. The largest absolute Gasteiger partial charge is 0.496 e. The highest BCUT2D eigenvalue weighted by molar-refractivity contribution is 5.97. The zero-order valence-corrected chi connectivity index (χ0v) is 15.4. The molecular formula is C20H25NO4. The molecule has 0 aliphatic heterocycles. The van der Waals surface area contributed by atoms with E-state index in [9.17, 15) is 4.79 Å². The monoisotopic (exact) mass is 343 g/mol. The van der Waals surface area contributed by atoms with Gasteiger partial charge in [-0.15, -0.1) is 0 Å². The van der Waals surface area contributed by atoms with Crippen LogP contribution in [-0.4, -0.2) is 33.8 Å². The van der Waals surface area contributed by atoms with Crippen LogP contribution in [0.4, 0.5) is 0 Å². The zero-order valence-electron chi connectivity index (χ0n) is 15.4. The van der Waals surface area contributed by atoms with Crippen LogP contribution in [-0.2, 0) is 5.41 Å². The molecule has 2 aromatic carbocycles. The fourth-order valence-corrected chi connectivity index (χ4v) is 2.59. The van der Waals surface area contributed by atoms with Crippen molar-refractivity contribution in [1.82, 2.24) is 5.32 Å². The molecule has 0 aliphatic rings. The lowest BCUT2D eigenvalue weighted by atomic mass is 9.84. The molecule has 0 unspecified atom stereocenters. The summed E-state index contributed by atoms with van der Waals surface area (Å²) in [4.78, 5) is 12.7. The van der Waals surface area contributed by atoms with Crippen molar-refractivity contribution in [2.75, 3.05) is 27.9 Å². The molecule has 0 aromatic heterocycles. The summed E-state index contributed by atoms with van der Waals surface area (Å²) in [6.07, 6.45) is 0. The molecule has 0 spiro atoms. The average molecular weight is 343 g/mol. The maximum atomic E-state index is 12.7. The zero-order chi connectivity index (χ0) is 18.4. The van der Waals surface area contributed by atoms with Crippen molar-refractivity contribution in [3.8, 4) is 17.2 Å². The van der Waals surface area contributed by atoms with Gasteiger partial charge in [-0.2, -0.15) is 0 Å². The third-order valence-electron chi connectivity index (χ3n) is 4.20. The summed E-state index contributed by atoms with van der Waals surface area (Å²) in [5, 5.41) is 2.99. The quantitative estimate of drug-likeness (QED) is 0.837. The van der Waals surface area contributed by atoms with Crippen molar-refractivity contribution in [2.24, 2.45) is 0 Å². The number of methoxy groups -OCH3 is 3.